The largest absolute Gasteiger partial charge is 0.452 e. The number of rotatable bonds is 2. The van der Waals surface area contributed by atoms with Crippen molar-refractivity contribution in [3.05, 3.63) is 53.4 Å². The molecule has 0 fully saturated rings. The second kappa shape index (κ2) is 4.83. The molecule has 16 heavy (non-hydrogen) atoms. The fourth-order valence-corrected chi connectivity index (χ4v) is 1.47. The van der Waals surface area contributed by atoms with Crippen molar-refractivity contribution in [2.45, 2.75) is 0 Å². The zero-order chi connectivity index (χ0) is 11.4. The highest BCUT2D eigenvalue weighted by atomic mass is 35.5. The summed E-state index contributed by atoms with van der Waals surface area (Å²) in [5.41, 5.74) is 3.92. The Morgan fingerprint density at radius 2 is 2.00 bits per heavy atom. The fourth-order valence-electron chi connectivity index (χ4n) is 1.26. The van der Waals surface area contributed by atoms with Crippen molar-refractivity contribution in [2.75, 3.05) is 0 Å². The number of hydrogen-bond acceptors (Lipinski definition) is 3. The van der Waals surface area contributed by atoms with Crippen LogP contribution in [0.1, 0.15) is 5.56 Å². The van der Waals surface area contributed by atoms with E-state index in [4.69, 9.17) is 21.9 Å². The number of halogens is 1. The summed E-state index contributed by atoms with van der Waals surface area (Å²) in [4.78, 5) is 4.32. The number of hydrogen-bond donors (Lipinski definition) is 2. The number of furan rings is 1. The maximum atomic E-state index is 5.84. The van der Waals surface area contributed by atoms with Crippen molar-refractivity contribution < 1.29 is 4.42 Å². The van der Waals surface area contributed by atoms with Gasteiger partial charge in [-0.3, -0.25) is 0 Å². The van der Waals surface area contributed by atoms with Gasteiger partial charge in [0, 0.05) is 0 Å². The lowest BCUT2D eigenvalue weighted by Crippen LogP contribution is -2.30. The Kier molecular flexibility index (Phi) is 3.24. The molecular weight excluding hydrogens is 226 g/mol. The molecule has 0 saturated heterocycles. The molecule has 0 spiro atoms. The lowest BCUT2D eigenvalue weighted by atomic mass is 10.3. The van der Waals surface area contributed by atoms with E-state index < -0.39 is 0 Å². The summed E-state index contributed by atoms with van der Waals surface area (Å²) < 4.78 is 4.97. The van der Waals surface area contributed by atoms with E-state index in [1.807, 2.05) is 30.3 Å². The second-order valence-electron chi connectivity index (χ2n) is 3.05. The molecule has 5 heteroatoms. The van der Waals surface area contributed by atoms with Crippen LogP contribution < -0.4 is 11.3 Å². The monoisotopic (exact) mass is 235 g/mol. The molecule has 0 unspecified atom stereocenters. The van der Waals surface area contributed by atoms with Gasteiger partial charge < -0.3 is 9.84 Å². The zero-order valence-electron chi connectivity index (χ0n) is 8.35. The fraction of sp³-hybridized carbons (Fsp3) is 0. The maximum Gasteiger partial charge on any atom is 0.204 e. The summed E-state index contributed by atoms with van der Waals surface area (Å²) in [6.07, 6.45) is 1.48. The quantitative estimate of drug-likeness (QED) is 0.364. The molecule has 0 bridgehead atoms. The molecular formula is C11H10ClN3O. The van der Waals surface area contributed by atoms with Gasteiger partial charge in [0.15, 0.2) is 5.84 Å². The number of nitrogens with zero attached hydrogens (tertiary/aromatic N) is 1. The Labute approximate surface area is 97.7 Å². The van der Waals surface area contributed by atoms with Gasteiger partial charge in [-0.15, -0.1) is 0 Å². The van der Waals surface area contributed by atoms with Crippen LogP contribution >= 0.6 is 11.6 Å². The topological polar surface area (TPSA) is 63.5 Å². The van der Waals surface area contributed by atoms with E-state index in [1.54, 1.807) is 6.07 Å². The van der Waals surface area contributed by atoms with Crippen LogP contribution in [0.2, 0.25) is 5.22 Å². The predicted octanol–water partition coefficient (Wildman–Crippen LogP) is 2.47. The molecule has 2 rings (SSSR count). The van der Waals surface area contributed by atoms with Crippen molar-refractivity contribution in [1.82, 2.24) is 5.43 Å². The van der Waals surface area contributed by atoms with E-state index in [0.717, 1.165) is 5.69 Å². The molecule has 2 aromatic rings. The first-order valence-electron chi connectivity index (χ1n) is 4.65. The van der Waals surface area contributed by atoms with Gasteiger partial charge >= 0.3 is 0 Å². The van der Waals surface area contributed by atoms with Crippen LogP contribution in [0.25, 0.3) is 0 Å². The number of amidine groups is 1. The summed E-state index contributed by atoms with van der Waals surface area (Å²) in [6, 6.07) is 11.1. The summed E-state index contributed by atoms with van der Waals surface area (Å²) in [6.45, 7) is 0. The van der Waals surface area contributed by atoms with Gasteiger partial charge in [-0.25, -0.2) is 10.8 Å². The van der Waals surface area contributed by atoms with Crippen LogP contribution in [0, 0.1) is 0 Å². The highest BCUT2D eigenvalue weighted by Gasteiger charge is 2.09. The average Bonchev–Trinajstić information content (AvgIpc) is 2.74. The van der Waals surface area contributed by atoms with Crippen LogP contribution in [0.3, 0.4) is 0 Å². The molecule has 82 valence electrons. The first kappa shape index (κ1) is 10.7. The van der Waals surface area contributed by atoms with E-state index >= 15 is 0 Å². The molecule has 0 atom stereocenters. The van der Waals surface area contributed by atoms with Gasteiger partial charge in [-0.05, 0) is 29.8 Å². The number of nitrogens with two attached hydrogens (primary N) is 1. The number of para-hydroxylation sites is 1. The van der Waals surface area contributed by atoms with E-state index in [2.05, 4.69) is 10.4 Å². The van der Waals surface area contributed by atoms with E-state index in [9.17, 15) is 0 Å². The molecule has 4 nitrogen and oxygen atoms in total. The van der Waals surface area contributed by atoms with Gasteiger partial charge in [0.05, 0.1) is 17.5 Å². The molecule has 1 heterocycles. The van der Waals surface area contributed by atoms with Crippen LogP contribution in [-0.2, 0) is 0 Å². The third kappa shape index (κ3) is 2.24. The standard InChI is InChI=1S/C11H10ClN3O/c12-10-9(6-7-16-10)11(15-13)14-8-4-2-1-3-5-8/h1-7H,13H2,(H,14,15). The van der Waals surface area contributed by atoms with Crippen molar-refractivity contribution in [3.63, 3.8) is 0 Å². The van der Waals surface area contributed by atoms with Crippen molar-refractivity contribution in [3.8, 4) is 0 Å². The lowest BCUT2D eigenvalue weighted by Gasteiger charge is -2.03. The molecule has 0 aliphatic heterocycles. The van der Waals surface area contributed by atoms with Crippen molar-refractivity contribution in [2.24, 2.45) is 10.8 Å². The molecule has 3 N–H and O–H groups in total. The van der Waals surface area contributed by atoms with Crippen LogP contribution in [0.5, 0.6) is 0 Å². The minimum atomic E-state index is 0.257. The zero-order valence-corrected chi connectivity index (χ0v) is 9.11. The van der Waals surface area contributed by atoms with Gasteiger partial charge in [0.1, 0.15) is 0 Å². The SMILES string of the molecule is NNC(=Nc1ccccc1)c1ccoc1Cl. The minimum absolute atomic E-state index is 0.257. The molecule has 0 amide bonds. The highest BCUT2D eigenvalue weighted by Crippen LogP contribution is 2.19. The number of hydrazine groups is 1. The Balaban J connectivity index is 2.37. The molecule has 1 aromatic carbocycles. The summed E-state index contributed by atoms with van der Waals surface area (Å²) >= 11 is 5.84. The van der Waals surface area contributed by atoms with Gasteiger partial charge in [0.25, 0.3) is 0 Å². The third-order valence-electron chi connectivity index (χ3n) is 2.01. The van der Waals surface area contributed by atoms with Crippen molar-refractivity contribution >= 4 is 23.1 Å². The predicted molar refractivity (Wildman–Crippen MR) is 63.7 cm³/mol. The first-order valence-corrected chi connectivity index (χ1v) is 5.03. The maximum absolute atomic E-state index is 5.84. The normalized spacial score (nSPS) is 11.5. The van der Waals surface area contributed by atoms with Crippen LogP contribution in [0.4, 0.5) is 5.69 Å². The summed E-state index contributed by atoms with van der Waals surface area (Å²) in [7, 11) is 0. The van der Waals surface area contributed by atoms with Crippen LogP contribution in [-0.4, -0.2) is 5.84 Å². The first-order chi connectivity index (χ1) is 7.81. The minimum Gasteiger partial charge on any atom is -0.452 e. The second-order valence-corrected chi connectivity index (χ2v) is 3.39. The lowest BCUT2D eigenvalue weighted by molar-refractivity contribution is 0.568. The molecule has 0 saturated carbocycles. The number of aliphatic imine (C=N–C) groups is 1. The highest BCUT2D eigenvalue weighted by molar-refractivity contribution is 6.32. The smallest absolute Gasteiger partial charge is 0.204 e. The molecule has 0 aliphatic rings. The van der Waals surface area contributed by atoms with E-state index in [0.29, 0.717) is 11.4 Å². The summed E-state index contributed by atoms with van der Waals surface area (Å²) in [5.74, 6) is 5.86. The molecule has 1 aromatic heterocycles. The number of nitrogens with one attached hydrogen (secondary N) is 1. The third-order valence-corrected chi connectivity index (χ3v) is 2.30. The van der Waals surface area contributed by atoms with Crippen molar-refractivity contribution in [1.29, 1.82) is 0 Å². The Morgan fingerprint density at radius 3 is 2.56 bits per heavy atom. The Morgan fingerprint density at radius 1 is 1.25 bits per heavy atom. The summed E-state index contributed by atoms with van der Waals surface area (Å²) in [5, 5.41) is 0.257. The van der Waals surface area contributed by atoms with Crippen LogP contribution in [0.15, 0.2) is 52.1 Å². The van der Waals surface area contributed by atoms with E-state index in [1.165, 1.54) is 6.26 Å². The Hall–Kier alpha value is -1.78. The van der Waals surface area contributed by atoms with E-state index in [-0.39, 0.29) is 5.22 Å². The van der Waals surface area contributed by atoms with Gasteiger partial charge in [0.2, 0.25) is 5.22 Å². The Bertz CT molecular complexity index is 493. The number of benzene rings is 1. The van der Waals surface area contributed by atoms with Gasteiger partial charge in [-0.1, -0.05) is 18.2 Å². The average molecular weight is 236 g/mol. The van der Waals surface area contributed by atoms with Gasteiger partial charge in [-0.2, -0.15) is 0 Å². The molecule has 0 aliphatic carbocycles. The molecule has 0 radical (unpaired) electrons.